The highest BCUT2D eigenvalue weighted by Crippen LogP contribution is 2.27. The van der Waals surface area contributed by atoms with Crippen molar-refractivity contribution in [3.05, 3.63) is 48.3 Å². The van der Waals surface area contributed by atoms with Crippen molar-refractivity contribution in [1.82, 2.24) is 4.31 Å². The zero-order valence-corrected chi connectivity index (χ0v) is 15.3. The van der Waals surface area contributed by atoms with Gasteiger partial charge in [0, 0.05) is 7.05 Å². The summed E-state index contributed by atoms with van der Waals surface area (Å²) in [6.45, 7) is -0.472. The van der Waals surface area contributed by atoms with Crippen molar-refractivity contribution in [2.24, 2.45) is 0 Å². The Hall–Kier alpha value is -2.65. The molecule has 0 atom stereocenters. The van der Waals surface area contributed by atoms with Gasteiger partial charge in [0.1, 0.15) is 22.2 Å². The van der Waals surface area contributed by atoms with E-state index in [2.05, 4.69) is 5.32 Å². The third kappa shape index (κ3) is 4.30. The highest BCUT2D eigenvalue weighted by molar-refractivity contribution is 7.89. The van der Waals surface area contributed by atoms with Gasteiger partial charge in [0.25, 0.3) is 0 Å². The number of ether oxygens (including phenoxy) is 2. The Balaban J connectivity index is 2.19. The summed E-state index contributed by atoms with van der Waals surface area (Å²) >= 11 is 0. The fourth-order valence-electron chi connectivity index (χ4n) is 2.24. The number of carbonyl (C=O) groups is 1. The van der Waals surface area contributed by atoms with Crippen LogP contribution in [0.2, 0.25) is 0 Å². The number of likely N-dealkylation sites (N-methyl/N-ethyl adjacent to an activating group) is 1. The summed E-state index contributed by atoms with van der Waals surface area (Å²) < 4.78 is 49.7. The molecule has 0 aromatic heterocycles. The molecule has 2 rings (SSSR count). The van der Waals surface area contributed by atoms with E-state index in [-0.39, 0.29) is 10.6 Å². The minimum absolute atomic E-state index is 0.0108. The fourth-order valence-corrected chi connectivity index (χ4v) is 3.53. The first kappa shape index (κ1) is 19.7. The quantitative estimate of drug-likeness (QED) is 0.793. The van der Waals surface area contributed by atoms with Crippen LogP contribution in [0.1, 0.15) is 0 Å². The van der Waals surface area contributed by atoms with Gasteiger partial charge in [-0.3, -0.25) is 4.79 Å². The lowest BCUT2D eigenvalue weighted by Crippen LogP contribution is -2.35. The lowest BCUT2D eigenvalue weighted by Gasteiger charge is -2.19. The van der Waals surface area contributed by atoms with E-state index in [4.69, 9.17) is 9.47 Å². The molecule has 1 N–H and O–H groups in total. The van der Waals surface area contributed by atoms with Crippen LogP contribution in [0.15, 0.2) is 47.4 Å². The van der Waals surface area contributed by atoms with E-state index < -0.39 is 28.3 Å². The molecule has 140 valence electrons. The maximum atomic E-state index is 13.5. The number of rotatable bonds is 7. The molecular weight excluding hydrogens is 363 g/mol. The lowest BCUT2D eigenvalue weighted by atomic mass is 10.3. The molecule has 0 heterocycles. The van der Waals surface area contributed by atoms with E-state index in [1.165, 1.54) is 27.3 Å². The minimum Gasteiger partial charge on any atom is -0.495 e. The molecule has 0 fully saturated rings. The van der Waals surface area contributed by atoms with Crippen molar-refractivity contribution < 1.29 is 27.1 Å². The Kier molecular flexibility index (Phi) is 6.17. The predicted octanol–water partition coefficient (Wildman–Crippen LogP) is 2.10. The number of anilines is 1. The topological polar surface area (TPSA) is 84.9 Å². The second kappa shape index (κ2) is 8.15. The van der Waals surface area contributed by atoms with Gasteiger partial charge in [-0.05, 0) is 30.3 Å². The van der Waals surface area contributed by atoms with Crippen molar-refractivity contribution >= 4 is 21.6 Å². The Morgan fingerprint density at radius 2 is 1.77 bits per heavy atom. The highest BCUT2D eigenvalue weighted by Gasteiger charge is 2.27. The van der Waals surface area contributed by atoms with Gasteiger partial charge < -0.3 is 14.8 Å². The fraction of sp³-hybridized carbons (Fsp3) is 0.235. The first-order chi connectivity index (χ1) is 12.3. The molecule has 0 aliphatic carbocycles. The number of amides is 1. The molecule has 26 heavy (non-hydrogen) atoms. The van der Waals surface area contributed by atoms with Gasteiger partial charge in [-0.25, -0.2) is 12.8 Å². The summed E-state index contributed by atoms with van der Waals surface area (Å²) in [5.41, 5.74) is 0.411. The van der Waals surface area contributed by atoms with E-state index in [0.29, 0.717) is 11.4 Å². The molecule has 7 nitrogen and oxygen atoms in total. The Morgan fingerprint density at radius 3 is 2.42 bits per heavy atom. The van der Waals surface area contributed by atoms with Crippen molar-refractivity contribution in [1.29, 1.82) is 0 Å². The SMILES string of the molecule is COc1ccccc1NC(=O)CN(C)S(=O)(=O)c1cc(F)ccc1OC. The largest absolute Gasteiger partial charge is 0.495 e. The third-order valence-corrected chi connectivity index (χ3v) is 5.39. The normalized spacial score (nSPS) is 11.3. The summed E-state index contributed by atoms with van der Waals surface area (Å²) in [6, 6.07) is 9.88. The second-order valence-electron chi connectivity index (χ2n) is 5.30. The molecular formula is C17H19FN2O5S. The van der Waals surface area contributed by atoms with Crippen LogP contribution in [0.3, 0.4) is 0 Å². The van der Waals surface area contributed by atoms with Crippen LogP contribution in [-0.4, -0.2) is 46.4 Å². The number of benzene rings is 2. The number of hydrogen-bond acceptors (Lipinski definition) is 5. The van der Waals surface area contributed by atoms with Crippen molar-refractivity contribution in [3.63, 3.8) is 0 Å². The number of nitrogens with zero attached hydrogens (tertiary/aromatic N) is 1. The van der Waals surface area contributed by atoms with Crippen LogP contribution in [0.25, 0.3) is 0 Å². The van der Waals surface area contributed by atoms with Gasteiger partial charge in [-0.1, -0.05) is 12.1 Å². The molecule has 2 aromatic carbocycles. The predicted molar refractivity (Wildman–Crippen MR) is 94.4 cm³/mol. The second-order valence-corrected chi connectivity index (χ2v) is 7.32. The smallest absolute Gasteiger partial charge is 0.247 e. The summed E-state index contributed by atoms with van der Waals surface area (Å²) in [4.78, 5) is 11.9. The molecule has 0 saturated heterocycles. The van der Waals surface area contributed by atoms with E-state index >= 15 is 0 Å². The average Bonchev–Trinajstić information content (AvgIpc) is 2.61. The third-order valence-electron chi connectivity index (χ3n) is 3.56. The summed E-state index contributed by atoms with van der Waals surface area (Å²) in [6.07, 6.45) is 0. The van der Waals surface area contributed by atoms with Gasteiger partial charge in [-0.15, -0.1) is 0 Å². The van der Waals surface area contributed by atoms with Crippen molar-refractivity contribution in [2.75, 3.05) is 33.1 Å². The molecule has 0 bridgehead atoms. The molecule has 0 unspecified atom stereocenters. The van der Waals surface area contributed by atoms with Crippen LogP contribution >= 0.6 is 0 Å². The van der Waals surface area contributed by atoms with Crippen molar-refractivity contribution in [3.8, 4) is 11.5 Å². The zero-order valence-electron chi connectivity index (χ0n) is 14.5. The van der Waals surface area contributed by atoms with E-state index in [9.17, 15) is 17.6 Å². The number of halogens is 1. The average molecular weight is 382 g/mol. The van der Waals surface area contributed by atoms with E-state index in [1.54, 1.807) is 24.3 Å². The van der Waals surface area contributed by atoms with Gasteiger partial charge in [0.2, 0.25) is 15.9 Å². The minimum atomic E-state index is -4.13. The Morgan fingerprint density at radius 1 is 1.12 bits per heavy atom. The summed E-state index contributed by atoms with van der Waals surface area (Å²) in [5, 5.41) is 2.58. The van der Waals surface area contributed by atoms with Gasteiger partial charge in [-0.2, -0.15) is 4.31 Å². The highest BCUT2D eigenvalue weighted by atomic mass is 32.2. The first-order valence-electron chi connectivity index (χ1n) is 7.52. The molecule has 9 heteroatoms. The molecule has 0 aliphatic rings. The molecule has 0 spiro atoms. The molecule has 1 amide bonds. The maximum Gasteiger partial charge on any atom is 0.247 e. The van der Waals surface area contributed by atoms with Gasteiger partial charge in [0.05, 0.1) is 26.5 Å². The van der Waals surface area contributed by atoms with E-state index in [1.807, 2.05) is 0 Å². The number of para-hydroxylation sites is 2. The number of carbonyl (C=O) groups excluding carboxylic acids is 1. The standard InChI is InChI=1S/C17H19FN2O5S/c1-20(11-17(21)19-13-6-4-5-7-14(13)24-2)26(22,23)16-10-12(18)8-9-15(16)25-3/h4-10H,11H2,1-3H3,(H,19,21). The molecule has 2 aromatic rings. The number of hydrogen-bond donors (Lipinski definition) is 1. The lowest BCUT2D eigenvalue weighted by molar-refractivity contribution is -0.116. The van der Waals surface area contributed by atoms with Crippen LogP contribution in [-0.2, 0) is 14.8 Å². The Bertz CT molecular complexity index is 902. The maximum absolute atomic E-state index is 13.5. The number of methoxy groups -OCH3 is 2. The van der Waals surface area contributed by atoms with E-state index in [0.717, 1.165) is 16.4 Å². The first-order valence-corrected chi connectivity index (χ1v) is 8.96. The van der Waals surface area contributed by atoms with Crippen LogP contribution < -0.4 is 14.8 Å². The zero-order chi connectivity index (χ0) is 19.3. The van der Waals surface area contributed by atoms with Crippen LogP contribution in [0, 0.1) is 5.82 Å². The van der Waals surface area contributed by atoms with Crippen LogP contribution in [0.4, 0.5) is 10.1 Å². The van der Waals surface area contributed by atoms with Crippen LogP contribution in [0.5, 0.6) is 11.5 Å². The van der Waals surface area contributed by atoms with Gasteiger partial charge in [0.15, 0.2) is 0 Å². The monoisotopic (exact) mass is 382 g/mol. The number of sulfonamides is 1. The molecule has 0 radical (unpaired) electrons. The van der Waals surface area contributed by atoms with Crippen molar-refractivity contribution in [2.45, 2.75) is 4.90 Å². The summed E-state index contributed by atoms with van der Waals surface area (Å²) in [5.74, 6) is -0.867. The van der Waals surface area contributed by atoms with Gasteiger partial charge >= 0.3 is 0 Å². The summed E-state index contributed by atoms with van der Waals surface area (Å²) in [7, 11) is -0.173. The molecule has 0 aliphatic heterocycles. The Labute approximate surface area is 151 Å². The number of nitrogens with one attached hydrogen (secondary N) is 1. The molecule has 0 saturated carbocycles.